The molecule has 0 radical (unpaired) electrons. The van der Waals surface area contributed by atoms with Gasteiger partial charge in [-0.1, -0.05) is 23.4 Å². The van der Waals surface area contributed by atoms with Gasteiger partial charge >= 0.3 is 5.97 Å². The molecule has 2 aromatic rings. The molecule has 3 rings (SSSR count). The van der Waals surface area contributed by atoms with E-state index < -0.39 is 11.8 Å². The Kier molecular flexibility index (Phi) is 5.43. The van der Waals surface area contributed by atoms with Crippen molar-refractivity contribution in [2.45, 2.75) is 13.0 Å². The molecule has 1 aromatic heterocycles. The van der Waals surface area contributed by atoms with Gasteiger partial charge in [0, 0.05) is 26.2 Å². The maximum Gasteiger partial charge on any atom is 0.358 e. The molecule has 142 valence electrons. The van der Waals surface area contributed by atoms with E-state index in [4.69, 9.17) is 5.11 Å². The summed E-state index contributed by atoms with van der Waals surface area (Å²) in [5, 5.41) is 15.9. The minimum absolute atomic E-state index is 0.0163. The summed E-state index contributed by atoms with van der Waals surface area (Å²) in [5.41, 5.74) is 0.118. The zero-order valence-corrected chi connectivity index (χ0v) is 14.4. The number of halogens is 1. The minimum atomic E-state index is -1.21. The molecular weight excluding hydrogens is 357 g/mol. The third-order valence-corrected chi connectivity index (χ3v) is 4.34. The number of rotatable bonds is 5. The number of hydrogen-bond donors (Lipinski definition) is 1. The van der Waals surface area contributed by atoms with Crippen LogP contribution in [0.15, 0.2) is 30.5 Å². The van der Waals surface area contributed by atoms with E-state index >= 15 is 0 Å². The molecule has 1 N–H and O–H groups in total. The summed E-state index contributed by atoms with van der Waals surface area (Å²) in [6.07, 6.45) is 1.17. The van der Waals surface area contributed by atoms with Gasteiger partial charge in [-0.3, -0.25) is 9.59 Å². The van der Waals surface area contributed by atoms with E-state index in [2.05, 4.69) is 10.3 Å². The first-order chi connectivity index (χ1) is 12.9. The molecular formula is C17H18FN5O4. The highest BCUT2D eigenvalue weighted by atomic mass is 19.1. The summed E-state index contributed by atoms with van der Waals surface area (Å²) in [7, 11) is 0. The van der Waals surface area contributed by atoms with Crippen LogP contribution in [0.4, 0.5) is 4.39 Å². The Hall–Kier alpha value is -3.30. The highest BCUT2D eigenvalue weighted by Gasteiger charge is 2.25. The number of aromatic nitrogens is 3. The summed E-state index contributed by atoms with van der Waals surface area (Å²) < 4.78 is 14.8. The number of carbonyl (C=O) groups is 3. The van der Waals surface area contributed by atoms with Gasteiger partial charge in [-0.15, -0.1) is 5.10 Å². The van der Waals surface area contributed by atoms with Gasteiger partial charge in [0.25, 0.3) is 0 Å². The Morgan fingerprint density at radius 2 is 1.67 bits per heavy atom. The fraction of sp³-hybridized carbons (Fsp3) is 0.353. The van der Waals surface area contributed by atoms with Crippen molar-refractivity contribution in [1.82, 2.24) is 24.8 Å². The van der Waals surface area contributed by atoms with Crippen LogP contribution in [0.1, 0.15) is 16.1 Å². The fourth-order valence-corrected chi connectivity index (χ4v) is 2.83. The van der Waals surface area contributed by atoms with E-state index in [0.717, 1.165) is 0 Å². The topological polar surface area (TPSA) is 109 Å². The number of amides is 2. The molecule has 27 heavy (non-hydrogen) atoms. The van der Waals surface area contributed by atoms with Crippen LogP contribution in [-0.2, 0) is 22.6 Å². The van der Waals surface area contributed by atoms with Crippen LogP contribution in [0.5, 0.6) is 0 Å². The monoisotopic (exact) mass is 375 g/mol. The van der Waals surface area contributed by atoms with Crippen LogP contribution in [0.2, 0.25) is 0 Å². The molecule has 0 unspecified atom stereocenters. The number of nitrogens with zero attached hydrogens (tertiary/aromatic N) is 5. The standard InChI is InChI=1S/C17H18FN5O4/c18-13-4-2-1-3-12(13)9-15(24)21-5-7-22(8-6-21)16(25)11-23-10-14(17(26)27)19-20-23/h1-4,10H,5-9,11H2,(H,26,27). The quantitative estimate of drug-likeness (QED) is 0.790. The van der Waals surface area contributed by atoms with Crippen molar-refractivity contribution in [3.05, 3.63) is 47.5 Å². The average Bonchev–Trinajstić information content (AvgIpc) is 3.12. The molecule has 1 aliphatic rings. The van der Waals surface area contributed by atoms with Gasteiger partial charge in [-0.05, 0) is 11.6 Å². The predicted molar refractivity (Wildman–Crippen MR) is 90.2 cm³/mol. The molecule has 0 bridgehead atoms. The Bertz CT molecular complexity index is 861. The van der Waals surface area contributed by atoms with Gasteiger partial charge in [-0.25, -0.2) is 13.9 Å². The van der Waals surface area contributed by atoms with Crippen molar-refractivity contribution in [2.24, 2.45) is 0 Å². The summed E-state index contributed by atoms with van der Waals surface area (Å²) in [5.74, 6) is -2.04. The molecule has 9 nitrogen and oxygen atoms in total. The smallest absolute Gasteiger partial charge is 0.358 e. The second-order valence-corrected chi connectivity index (χ2v) is 6.14. The number of carboxylic acids is 1. The molecule has 2 amide bonds. The highest BCUT2D eigenvalue weighted by molar-refractivity contribution is 5.85. The number of carboxylic acid groups (broad SMARTS) is 1. The van der Waals surface area contributed by atoms with Crippen LogP contribution < -0.4 is 0 Å². The molecule has 0 saturated carbocycles. The van der Waals surface area contributed by atoms with Gasteiger partial charge in [0.1, 0.15) is 12.4 Å². The lowest BCUT2D eigenvalue weighted by Crippen LogP contribution is -2.51. The number of carbonyl (C=O) groups excluding carboxylic acids is 2. The van der Waals surface area contributed by atoms with Crippen molar-refractivity contribution < 1.29 is 23.9 Å². The minimum Gasteiger partial charge on any atom is -0.476 e. The maximum absolute atomic E-state index is 13.7. The molecule has 0 spiro atoms. The third kappa shape index (κ3) is 4.46. The molecule has 1 saturated heterocycles. The van der Waals surface area contributed by atoms with Crippen LogP contribution in [0, 0.1) is 5.82 Å². The zero-order chi connectivity index (χ0) is 19.4. The molecule has 0 aliphatic carbocycles. The SMILES string of the molecule is O=C(O)c1cn(CC(=O)N2CCN(C(=O)Cc3ccccc3F)CC2)nn1. The lowest BCUT2D eigenvalue weighted by molar-refractivity contribution is -0.139. The first-order valence-electron chi connectivity index (χ1n) is 8.36. The van der Waals surface area contributed by atoms with E-state index in [1.165, 1.54) is 16.9 Å². The number of hydrogen-bond acceptors (Lipinski definition) is 5. The molecule has 1 aromatic carbocycles. The molecule has 10 heteroatoms. The molecule has 2 heterocycles. The second kappa shape index (κ2) is 7.94. The Labute approximate surface area is 154 Å². The average molecular weight is 375 g/mol. The van der Waals surface area contributed by atoms with E-state index in [9.17, 15) is 18.8 Å². The highest BCUT2D eigenvalue weighted by Crippen LogP contribution is 2.11. The Balaban J connectivity index is 1.50. The largest absolute Gasteiger partial charge is 0.476 e. The van der Waals surface area contributed by atoms with Crippen molar-refractivity contribution >= 4 is 17.8 Å². The lowest BCUT2D eigenvalue weighted by atomic mass is 10.1. The number of benzene rings is 1. The van der Waals surface area contributed by atoms with Crippen LogP contribution >= 0.6 is 0 Å². The third-order valence-electron chi connectivity index (χ3n) is 4.34. The first kappa shape index (κ1) is 18.5. The first-order valence-corrected chi connectivity index (χ1v) is 8.36. The lowest BCUT2D eigenvalue weighted by Gasteiger charge is -2.34. The summed E-state index contributed by atoms with van der Waals surface area (Å²) in [4.78, 5) is 38.6. The number of piperazine rings is 1. The van der Waals surface area contributed by atoms with Crippen LogP contribution in [0.3, 0.4) is 0 Å². The van der Waals surface area contributed by atoms with E-state index in [1.807, 2.05) is 0 Å². The predicted octanol–water partition coefficient (Wildman–Crippen LogP) is 0.0289. The van der Waals surface area contributed by atoms with Crippen LogP contribution in [-0.4, -0.2) is 73.9 Å². The molecule has 0 atom stereocenters. The van der Waals surface area contributed by atoms with Gasteiger partial charge in [0.15, 0.2) is 5.69 Å². The van der Waals surface area contributed by atoms with E-state index in [1.54, 1.807) is 28.0 Å². The summed E-state index contributed by atoms with van der Waals surface area (Å²) in [6.45, 7) is 1.29. The second-order valence-electron chi connectivity index (χ2n) is 6.14. The van der Waals surface area contributed by atoms with Gasteiger partial charge in [0.05, 0.1) is 12.6 Å². The van der Waals surface area contributed by atoms with Gasteiger partial charge < -0.3 is 14.9 Å². The normalized spacial score (nSPS) is 14.3. The van der Waals surface area contributed by atoms with E-state index in [0.29, 0.717) is 31.7 Å². The van der Waals surface area contributed by atoms with Crippen molar-refractivity contribution in [3.63, 3.8) is 0 Å². The van der Waals surface area contributed by atoms with Crippen LogP contribution in [0.25, 0.3) is 0 Å². The van der Waals surface area contributed by atoms with Gasteiger partial charge in [0.2, 0.25) is 11.8 Å². The van der Waals surface area contributed by atoms with E-state index in [-0.39, 0.29) is 30.5 Å². The van der Waals surface area contributed by atoms with Crippen molar-refractivity contribution in [1.29, 1.82) is 0 Å². The Morgan fingerprint density at radius 3 is 2.26 bits per heavy atom. The van der Waals surface area contributed by atoms with Gasteiger partial charge in [-0.2, -0.15) is 0 Å². The zero-order valence-electron chi connectivity index (χ0n) is 14.4. The summed E-state index contributed by atoms with van der Waals surface area (Å²) in [6, 6.07) is 6.15. The Morgan fingerprint density at radius 1 is 1.04 bits per heavy atom. The maximum atomic E-state index is 13.7. The summed E-state index contributed by atoms with van der Waals surface area (Å²) >= 11 is 0. The fourth-order valence-electron chi connectivity index (χ4n) is 2.83. The van der Waals surface area contributed by atoms with Crippen molar-refractivity contribution in [3.8, 4) is 0 Å². The number of aromatic carboxylic acids is 1. The molecule has 1 fully saturated rings. The van der Waals surface area contributed by atoms with Crippen molar-refractivity contribution in [2.75, 3.05) is 26.2 Å². The molecule has 1 aliphatic heterocycles.